The number of piperidine rings is 1. The molecular weight excluding hydrogens is 243 g/mol. The Balaban J connectivity index is 1.97. The van der Waals surface area contributed by atoms with Crippen molar-refractivity contribution in [2.75, 3.05) is 13.1 Å². The van der Waals surface area contributed by atoms with Crippen LogP contribution in [0.3, 0.4) is 0 Å². The molecule has 19 heavy (non-hydrogen) atoms. The van der Waals surface area contributed by atoms with E-state index in [9.17, 15) is 9.50 Å². The van der Waals surface area contributed by atoms with Crippen LogP contribution in [0.1, 0.15) is 25.3 Å². The summed E-state index contributed by atoms with van der Waals surface area (Å²) < 4.78 is 12.9. The highest BCUT2D eigenvalue weighted by Crippen LogP contribution is 2.22. The van der Waals surface area contributed by atoms with Crippen molar-refractivity contribution in [1.29, 1.82) is 0 Å². The molecule has 1 aromatic rings. The molecule has 3 nitrogen and oxygen atoms in total. The Morgan fingerprint density at radius 2 is 2.05 bits per heavy atom. The first-order valence-electron chi connectivity index (χ1n) is 6.99. The lowest BCUT2D eigenvalue weighted by molar-refractivity contribution is 0.0387. The molecule has 0 aromatic heterocycles. The second-order valence-corrected chi connectivity index (χ2v) is 5.55. The van der Waals surface area contributed by atoms with Crippen molar-refractivity contribution in [3.63, 3.8) is 0 Å². The van der Waals surface area contributed by atoms with Gasteiger partial charge in [-0.3, -0.25) is 4.90 Å². The van der Waals surface area contributed by atoms with Crippen LogP contribution >= 0.6 is 0 Å². The minimum absolute atomic E-state index is 0.111. The fraction of sp³-hybridized carbons (Fsp3) is 0.600. The SMILES string of the molecule is CCC(O)C1CC(N)CN(Cc2ccc(F)cc2)C1. The highest BCUT2D eigenvalue weighted by atomic mass is 19.1. The van der Waals surface area contributed by atoms with E-state index in [2.05, 4.69) is 4.90 Å². The van der Waals surface area contributed by atoms with Crippen molar-refractivity contribution in [3.05, 3.63) is 35.6 Å². The Kier molecular flexibility index (Phi) is 4.91. The van der Waals surface area contributed by atoms with Crippen LogP contribution < -0.4 is 5.73 Å². The summed E-state index contributed by atoms with van der Waals surface area (Å²) in [5.74, 6) is 0.0348. The number of rotatable bonds is 4. The quantitative estimate of drug-likeness (QED) is 0.873. The molecule has 0 amide bonds. The molecule has 3 unspecified atom stereocenters. The topological polar surface area (TPSA) is 49.5 Å². The van der Waals surface area contributed by atoms with Crippen LogP contribution in [0, 0.1) is 11.7 Å². The van der Waals surface area contributed by atoms with E-state index in [0.29, 0.717) is 0 Å². The predicted molar refractivity (Wildman–Crippen MR) is 74.1 cm³/mol. The summed E-state index contributed by atoms with van der Waals surface area (Å²) in [5, 5.41) is 9.99. The molecule has 3 atom stereocenters. The number of hydrogen-bond donors (Lipinski definition) is 2. The minimum Gasteiger partial charge on any atom is -0.393 e. The number of aliphatic hydroxyl groups excluding tert-OH is 1. The first kappa shape index (κ1) is 14.4. The van der Waals surface area contributed by atoms with E-state index in [1.165, 1.54) is 12.1 Å². The summed E-state index contributed by atoms with van der Waals surface area (Å²) in [6.07, 6.45) is 1.37. The number of nitrogens with zero attached hydrogens (tertiary/aromatic N) is 1. The zero-order valence-electron chi connectivity index (χ0n) is 11.4. The first-order valence-corrected chi connectivity index (χ1v) is 6.99. The van der Waals surface area contributed by atoms with Gasteiger partial charge in [0.1, 0.15) is 5.82 Å². The van der Waals surface area contributed by atoms with Gasteiger partial charge in [0, 0.05) is 25.7 Å². The van der Waals surface area contributed by atoms with Crippen LogP contribution in [0.25, 0.3) is 0 Å². The standard InChI is InChI=1S/C15H23FN2O/c1-2-15(19)12-7-14(17)10-18(9-12)8-11-3-5-13(16)6-4-11/h3-6,12,14-15,19H,2,7-10,17H2,1H3. The Bertz CT molecular complexity index is 396. The van der Waals surface area contributed by atoms with E-state index in [4.69, 9.17) is 5.73 Å². The van der Waals surface area contributed by atoms with Gasteiger partial charge < -0.3 is 10.8 Å². The largest absolute Gasteiger partial charge is 0.393 e. The van der Waals surface area contributed by atoms with Crippen LogP contribution in [0.15, 0.2) is 24.3 Å². The maximum atomic E-state index is 12.9. The molecule has 3 N–H and O–H groups in total. The van der Waals surface area contributed by atoms with Gasteiger partial charge in [-0.15, -0.1) is 0 Å². The third kappa shape index (κ3) is 4.00. The molecule has 0 saturated carbocycles. The molecule has 1 aromatic carbocycles. The molecule has 4 heteroatoms. The third-order valence-electron chi connectivity index (χ3n) is 3.87. The molecule has 106 valence electrons. The average Bonchev–Trinajstić information content (AvgIpc) is 2.40. The number of halogens is 1. The number of nitrogens with two attached hydrogens (primary N) is 1. The highest BCUT2D eigenvalue weighted by molar-refractivity contribution is 5.16. The molecule has 1 fully saturated rings. The van der Waals surface area contributed by atoms with E-state index >= 15 is 0 Å². The van der Waals surface area contributed by atoms with Crippen LogP contribution in [-0.2, 0) is 6.54 Å². The molecule has 0 spiro atoms. The summed E-state index contributed by atoms with van der Waals surface area (Å²) in [7, 11) is 0. The lowest BCUT2D eigenvalue weighted by Crippen LogP contribution is -2.49. The van der Waals surface area contributed by atoms with Crippen LogP contribution in [0.4, 0.5) is 4.39 Å². The van der Waals surface area contributed by atoms with Gasteiger partial charge in [0.2, 0.25) is 0 Å². The van der Waals surface area contributed by atoms with Gasteiger partial charge in [-0.1, -0.05) is 19.1 Å². The van der Waals surface area contributed by atoms with E-state index in [0.717, 1.165) is 38.0 Å². The molecule has 0 aliphatic carbocycles. The van der Waals surface area contributed by atoms with Crippen LogP contribution in [0.5, 0.6) is 0 Å². The normalized spacial score (nSPS) is 26.3. The summed E-state index contributed by atoms with van der Waals surface area (Å²) in [6.45, 7) is 4.46. The van der Waals surface area contributed by atoms with Gasteiger partial charge in [-0.25, -0.2) is 4.39 Å². The molecule has 1 heterocycles. The van der Waals surface area contributed by atoms with E-state index < -0.39 is 0 Å². The molecule has 0 bridgehead atoms. The maximum Gasteiger partial charge on any atom is 0.123 e. The van der Waals surface area contributed by atoms with Gasteiger partial charge >= 0.3 is 0 Å². The smallest absolute Gasteiger partial charge is 0.123 e. The Hall–Kier alpha value is -0.970. The van der Waals surface area contributed by atoms with Crippen LogP contribution in [0.2, 0.25) is 0 Å². The zero-order valence-corrected chi connectivity index (χ0v) is 11.4. The fourth-order valence-electron chi connectivity index (χ4n) is 2.86. The van der Waals surface area contributed by atoms with Gasteiger partial charge in [0.25, 0.3) is 0 Å². The van der Waals surface area contributed by atoms with Gasteiger partial charge in [-0.05, 0) is 36.5 Å². The van der Waals surface area contributed by atoms with Crippen molar-refractivity contribution in [1.82, 2.24) is 4.90 Å². The van der Waals surface area contributed by atoms with E-state index in [1.807, 2.05) is 6.92 Å². The second-order valence-electron chi connectivity index (χ2n) is 5.55. The van der Waals surface area contributed by atoms with E-state index in [-0.39, 0.29) is 23.9 Å². The van der Waals surface area contributed by atoms with E-state index in [1.54, 1.807) is 12.1 Å². The van der Waals surface area contributed by atoms with Crippen molar-refractivity contribution in [2.45, 2.75) is 38.5 Å². The molecule has 1 aliphatic heterocycles. The molecule has 0 radical (unpaired) electrons. The molecular formula is C15H23FN2O. The average molecular weight is 266 g/mol. The monoisotopic (exact) mass is 266 g/mol. The predicted octanol–water partition coefficient (Wildman–Crippen LogP) is 1.75. The summed E-state index contributed by atoms with van der Waals surface area (Å²) in [4.78, 5) is 2.25. The fourth-order valence-corrected chi connectivity index (χ4v) is 2.86. The maximum absolute atomic E-state index is 12.9. The first-order chi connectivity index (χ1) is 9.08. The summed E-state index contributed by atoms with van der Waals surface area (Å²) in [6, 6.07) is 6.69. The number of likely N-dealkylation sites (tertiary alicyclic amines) is 1. The summed E-state index contributed by atoms with van der Waals surface area (Å²) >= 11 is 0. The number of hydrogen-bond acceptors (Lipinski definition) is 3. The Labute approximate surface area is 114 Å². The highest BCUT2D eigenvalue weighted by Gasteiger charge is 2.29. The summed E-state index contributed by atoms with van der Waals surface area (Å²) in [5.41, 5.74) is 7.16. The van der Waals surface area contributed by atoms with Crippen molar-refractivity contribution in [3.8, 4) is 0 Å². The number of aliphatic hydroxyl groups is 1. The third-order valence-corrected chi connectivity index (χ3v) is 3.87. The van der Waals surface area contributed by atoms with Gasteiger partial charge in [0.15, 0.2) is 0 Å². The van der Waals surface area contributed by atoms with Crippen molar-refractivity contribution in [2.24, 2.45) is 11.7 Å². The molecule has 1 saturated heterocycles. The van der Waals surface area contributed by atoms with Crippen molar-refractivity contribution < 1.29 is 9.50 Å². The number of benzene rings is 1. The Morgan fingerprint density at radius 1 is 1.37 bits per heavy atom. The minimum atomic E-state index is -0.276. The van der Waals surface area contributed by atoms with Crippen LogP contribution in [-0.4, -0.2) is 35.2 Å². The lowest BCUT2D eigenvalue weighted by Gasteiger charge is -2.38. The Morgan fingerprint density at radius 3 is 2.68 bits per heavy atom. The molecule has 1 aliphatic rings. The lowest BCUT2D eigenvalue weighted by atomic mass is 9.88. The second kappa shape index (κ2) is 6.46. The zero-order chi connectivity index (χ0) is 13.8. The van der Waals surface area contributed by atoms with Gasteiger partial charge in [0.05, 0.1) is 6.10 Å². The van der Waals surface area contributed by atoms with Gasteiger partial charge in [-0.2, -0.15) is 0 Å². The van der Waals surface area contributed by atoms with Crippen molar-refractivity contribution >= 4 is 0 Å². The molecule has 2 rings (SSSR count).